The van der Waals surface area contributed by atoms with Crippen molar-refractivity contribution in [1.29, 1.82) is 0 Å². The van der Waals surface area contributed by atoms with Gasteiger partial charge in [0.15, 0.2) is 5.78 Å². The third-order valence-electron chi connectivity index (χ3n) is 5.44. The van der Waals surface area contributed by atoms with Crippen molar-refractivity contribution in [3.05, 3.63) is 106 Å². The minimum absolute atomic E-state index is 0. The second-order valence-electron chi connectivity index (χ2n) is 8.28. The van der Waals surface area contributed by atoms with E-state index in [2.05, 4.69) is 19.4 Å². The Balaban J connectivity index is 0. The van der Waals surface area contributed by atoms with Crippen LogP contribution in [0.5, 0.6) is 0 Å². The molecule has 0 bridgehead atoms. The van der Waals surface area contributed by atoms with E-state index < -0.39 is 5.97 Å². The summed E-state index contributed by atoms with van der Waals surface area (Å²) in [5.74, 6) is -1.11. The quantitative estimate of drug-likeness (QED) is 0.0606. The highest BCUT2D eigenvalue weighted by atomic mass is 127. The Morgan fingerprint density at radius 3 is 1.19 bits per heavy atom. The van der Waals surface area contributed by atoms with Crippen LogP contribution in [0, 0.1) is 0 Å². The lowest BCUT2D eigenvalue weighted by Gasteiger charge is -2.05. The molecule has 3 N–H and O–H groups in total. The van der Waals surface area contributed by atoms with Crippen molar-refractivity contribution in [2.75, 3.05) is 21.3 Å². The van der Waals surface area contributed by atoms with Gasteiger partial charge in [0.2, 0.25) is 0 Å². The molecular weight excluding hydrogens is 679 g/mol. The Morgan fingerprint density at radius 1 is 0.643 bits per heavy atom. The summed E-state index contributed by atoms with van der Waals surface area (Å²) < 4.78 is 13.6. The molecule has 0 saturated heterocycles. The van der Waals surface area contributed by atoms with E-state index in [4.69, 9.17) is 10.9 Å². The number of benzene rings is 3. The first kappa shape index (κ1) is 40.3. The summed E-state index contributed by atoms with van der Waals surface area (Å²) in [6, 6.07) is 20.1. The minimum Gasteiger partial charge on any atom is -0.465 e. The van der Waals surface area contributed by atoms with Gasteiger partial charge >= 0.3 is 17.9 Å². The van der Waals surface area contributed by atoms with Crippen molar-refractivity contribution in [2.24, 2.45) is 10.9 Å². The molecule has 0 aliphatic heterocycles. The standard InChI is InChI=1S/C10H11NO3.C10H13NO2.C10H10O3.ClH.HI/c1-7(11-13)8-3-5-9(6-4-8)10(12)14-2;2*1-7(11)8-3-5-9(6-4-8)10(12)13-2;;/h3-6,13H,1-2H3;3-7H,11H2,1-2H3;3-6H,1-2H3;2*1H/b11-7+;;;;. The number of carbonyl (C=O) groups is 4. The lowest BCUT2D eigenvalue weighted by Crippen LogP contribution is -2.06. The van der Waals surface area contributed by atoms with Crippen LogP contribution in [0.3, 0.4) is 0 Å². The number of rotatable bonds is 6. The zero-order chi connectivity index (χ0) is 30.2. The van der Waals surface area contributed by atoms with Crippen LogP contribution in [0.2, 0.25) is 0 Å². The third-order valence-corrected chi connectivity index (χ3v) is 5.44. The van der Waals surface area contributed by atoms with Crippen molar-refractivity contribution in [3.8, 4) is 0 Å². The average molecular weight is 715 g/mol. The second-order valence-corrected chi connectivity index (χ2v) is 8.28. The number of carbonyl (C=O) groups excluding carboxylic acids is 4. The molecule has 0 heterocycles. The summed E-state index contributed by atoms with van der Waals surface area (Å²) in [7, 11) is 4.01. The summed E-state index contributed by atoms with van der Waals surface area (Å²) in [5, 5.41) is 11.6. The molecule has 0 saturated carbocycles. The molecule has 0 aliphatic carbocycles. The molecule has 228 valence electrons. The van der Waals surface area contributed by atoms with Gasteiger partial charge in [-0.15, -0.1) is 36.4 Å². The fraction of sp³-hybridized carbons (Fsp3) is 0.233. The number of ether oxygens (including phenoxy) is 3. The normalized spacial score (nSPS) is 10.4. The Kier molecular flexibility index (Phi) is 20.1. The van der Waals surface area contributed by atoms with E-state index in [1.54, 1.807) is 67.6 Å². The zero-order valence-corrected chi connectivity index (χ0v) is 27.3. The lowest BCUT2D eigenvalue weighted by atomic mass is 10.1. The van der Waals surface area contributed by atoms with Crippen LogP contribution in [0.1, 0.15) is 79.4 Å². The number of halogens is 2. The highest BCUT2D eigenvalue weighted by Gasteiger charge is 2.07. The number of hydrogen-bond donors (Lipinski definition) is 2. The van der Waals surface area contributed by atoms with Crippen LogP contribution in [0.25, 0.3) is 0 Å². The number of ketones is 1. The largest absolute Gasteiger partial charge is 0.465 e. The molecule has 3 aromatic carbocycles. The van der Waals surface area contributed by atoms with Gasteiger partial charge in [-0.2, -0.15) is 0 Å². The van der Waals surface area contributed by atoms with Crippen molar-refractivity contribution < 1.29 is 38.6 Å². The number of methoxy groups -OCH3 is 3. The van der Waals surface area contributed by atoms with E-state index in [1.165, 1.54) is 28.3 Å². The smallest absolute Gasteiger partial charge is 0.337 e. The number of Topliss-reactive ketones (excluding diaryl/α,β-unsaturated/α-hetero) is 1. The number of nitrogens with two attached hydrogens (primary N) is 1. The highest BCUT2D eigenvalue weighted by Crippen LogP contribution is 2.11. The summed E-state index contributed by atoms with van der Waals surface area (Å²) in [6.45, 7) is 5.05. The first-order valence-corrected chi connectivity index (χ1v) is 12.0. The van der Waals surface area contributed by atoms with Gasteiger partial charge in [0.05, 0.1) is 43.7 Å². The van der Waals surface area contributed by atoms with Crippen LogP contribution in [0.15, 0.2) is 78.0 Å². The maximum Gasteiger partial charge on any atom is 0.337 e. The predicted molar refractivity (Wildman–Crippen MR) is 173 cm³/mol. The second kappa shape index (κ2) is 21.0. The average Bonchev–Trinajstić information content (AvgIpc) is 3.00. The zero-order valence-electron chi connectivity index (χ0n) is 24.2. The van der Waals surface area contributed by atoms with E-state index in [0.717, 1.165) is 11.1 Å². The number of nitrogens with zero attached hydrogens (tertiary/aromatic N) is 1. The third kappa shape index (κ3) is 13.2. The van der Waals surface area contributed by atoms with Crippen molar-refractivity contribution in [3.63, 3.8) is 0 Å². The van der Waals surface area contributed by atoms with Gasteiger partial charge in [0.1, 0.15) is 0 Å². The van der Waals surface area contributed by atoms with Gasteiger partial charge in [0.25, 0.3) is 0 Å². The molecule has 0 aromatic heterocycles. The van der Waals surface area contributed by atoms with Crippen molar-refractivity contribution >= 4 is 65.8 Å². The van der Waals surface area contributed by atoms with Crippen LogP contribution in [-0.2, 0) is 14.2 Å². The molecular formula is C30H36ClIN2O8. The van der Waals surface area contributed by atoms with Gasteiger partial charge in [-0.1, -0.05) is 41.6 Å². The molecule has 0 fully saturated rings. The van der Waals surface area contributed by atoms with Gasteiger partial charge < -0.3 is 25.2 Å². The van der Waals surface area contributed by atoms with Crippen molar-refractivity contribution in [2.45, 2.75) is 26.8 Å². The van der Waals surface area contributed by atoms with E-state index in [9.17, 15) is 19.2 Å². The lowest BCUT2D eigenvalue weighted by molar-refractivity contribution is 0.0592. The van der Waals surface area contributed by atoms with E-state index >= 15 is 0 Å². The Bertz CT molecular complexity index is 1310. The first-order chi connectivity index (χ1) is 19.0. The van der Waals surface area contributed by atoms with E-state index in [-0.39, 0.29) is 60.1 Å². The Hall–Kier alpha value is -3.81. The molecule has 0 amide bonds. The SMILES string of the molecule is COC(=O)c1ccc(/C(C)=N/O)cc1.COC(=O)c1ccc(C(C)=O)cc1.COC(=O)c1ccc(C(C)N)cc1.Cl.I. The van der Waals surface area contributed by atoms with E-state index in [1.807, 2.05) is 19.1 Å². The predicted octanol–water partition coefficient (Wildman–Crippen LogP) is 5.88. The monoisotopic (exact) mass is 714 g/mol. The summed E-state index contributed by atoms with van der Waals surface area (Å²) in [6.07, 6.45) is 0. The molecule has 0 aliphatic rings. The van der Waals surface area contributed by atoms with Crippen LogP contribution >= 0.6 is 36.4 Å². The Labute approximate surface area is 268 Å². The van der Waals surface area contributed by atoms with Crippen LogP contribution in [-0.4, -0.2) is 55.9 Å². The van der Waals surface area contributed by atoms with Gasteiger partial charge in [0, 0.05) is 11.6 Å². The maximum absolute atomic E-state index is 11.1. The molecule has 3 aromatic rings. The van der Waals surface area contributed by atoms with Gasteiger partial charge in [-0.3, -0.25) is 4.79 Å². The van der Waals surface area contributed by atoms with Crippen molar-refractivity contribution in [1.82, 2.24) is 0 Å². The highest BCUT2D eigenvalue weighted by molar-refractivity contribution is 14.0. The molecule has 0 spiro atoms. The molecule has 10 nitrogen and oxygen atoms in total. The fourth-order valence-electron chi connectivity index (χ4n) is 3.02. The molecule has 3 rings (SSSR count). The molecule has 0 radical (unpaired) electrons. The molecule has 1 unspecified atom stereocenters. The van der Waals surface area contributed by atoms with Gasteiger partial charge in [-0.05, 0) is 68.3 Å². The van der Waals surface area contributed by atoms with Gasteiger partial charge in [-0.25, -0.2) is 14.4 Å². The number of oxime groups is 1. The van der Waals surface area contributed by atoms with Crippen LogP contribution in [0.4, 0.5) is 0 Å². The number of hydrogen-bond acceptors (Lipinski definition) is 10. The summed E-state index contributed by atoms with van der Waals surface area (Å²) >= 11 is 0. The van der Waals surface area contributed by atoms with Crippen LogP contribution < -0.4 is 5.73 Å². The summed E-state index contributed by atoms with van der Waals surface area (Å²) in [4.78, 5) is 44.0. The Morgan fingerprint density at radius 2 is 0.929 bits per heavy atom. The van der Waals surface area contributed by atoms with E-state index in [0.29, 0.717) is 28.0 Å². The maximum atomic E-state index is 11.1. The summed E-state index contributed by atoms with van der Waals surface area (Å²) in [5.41, 5.74) is 9.99. The molecule has 12 heteroatoms. The minimum atomic E-state index is -0.393. The number of esters is 3. The molecule has 42 heavy (non-hydrogen) atoms. The first-order valence-electron chi connectivity index (χ1n) is 12.0. The fourth-order valence-corrected chi connectivity index (χ4v) is 3.02. The molecule has 1 atom stereocenters. The topological polar surface area (TPSA) is 155 Å².